The average molecular weight is 257 g/mol. The van der Waals surface area contributed by atoms with Crippen molar-refractivity contribution in [1.29, 1.82) is 0 Å². The van der Waals surface area contributed by atoms with E-state index >= 15 is 0 Å². The second-order valence-corrected chi connectivity index (χ2v) is 4.72. The summed E-state index contributed by atoms with van der Waals surface area (Å²) in [5.74, 6) is 0.0117. The fourth-order valence-electron chi connectivity index (χ4n) is 1.27. The van der Waals surface area contributed by atoms with E-state index in [1.165, 1.54) is 4.88 Å². The molecule has 0 saturated heterocycles. The summed E-state index contributed by atoms with van der Waals surface area (Å²) < 4.78 is 10.0. The van der Waals surface area contributed by atoms with Crippen molar-refractivity contribution in [2.24, 2.45) is 0 Å². The van der Waals surface area contributed by atoms with Crippen LogP contribution in [-0.4, -0.2) is 51.3 Å². The van der Waals surface area contributed by atoms with Gasteiger partial charge in [0.1, 0.15) is 6.61 Å². The molecule has 0 radical (unpaired) electrons. The monoisotopic (exact) mass is 257 g/mol. The van der Waals surface area contributed by atoms with Crippen LogP contribution in [0.15, 0.2) is 17.5 Å². The third-order valence-electron chi connectivity index (χ3n) is 2.36. The number of hydrogen-bond acceptors (Lipinski definition) is 4. The molecule has 0 aromatic carbocycles. The first-order valence-corrected chi connectivity index (χ1v) is 6.45. The van der Waals surface area contributed by atoms with E-state index in [1.807, 2.05) is 11.4 Å². The highest BCUT2D eigenvalue weighted by Crippen LogP contribution is 2.09. The number of ether oxygens (including phenoxy) is 2. The van der Waals surface area contributed by atoms with Gasteiger partial charge in [-0.05, 0) is 17.9 Å². The first kappa shape index (κ1) is 14.2. The van der Waals surface area contributed by atoms with Gasteiger partial charge in [0.25, 0.3) is 0 Å². The summed E-state index contributed by atoms with van der Waals surface area (Å²) in [6, 6.07) is 4.10. The molecule has 1 heterocycles. The predicted molar refractivity (Wildman–Crippen MR) is 68.4 cm³/mol. The number of hydrogen-bond donors (Lipinski definition) is 0. The molecule has 17 heavy (non-hydrogen) atoms. The largest absolute Gasteiger partial charge is 0.382 e. The molecule has 0 N–H and O–H groups in total. The van der Waals surface area contributed by atoms with Gasteiger partial charge in [0.05, 0.1) is 13.2 Å². The lowest BCUT2D eigenvalue weighted by Crippen LogP contribution is -2.32. The molecule has 0 bridgehead atoms. The SMILES string of the molecule is COCCOCC(=O)N(C)CCc1cccs1. The topological polar surface area (TPSA) is 38.8 Å². The van der Waals surface area contributed by atoms with Crippen molar-refractivity contribution >= 4 is 17.2 Å². The van der Waals surface area contributed by atoms with Crippen LogP contribution in [0, 0.1) is 0 Å². The van der Waals surface area contributed by atoms with Crippen LogP contribution in [-0.2, 0) is 20.7 Å². The van der Waals surface area contributed by atoms with Crippen molar-refractivity contribution in [3.8, 4) is 0 Å². The summed E-state index contributed by atoms with van der Waals surface area (Å²) in [4.78, 5) is 14.6. The van der Waals surface area contributed by atoms with Crippen molar-refractivity contribution in [3.05, 3.63) is 22.4 Å². The second-order valence-electron chi connectivity index (χ2n) is 3.69. The van der Waals surface area contributed by atoms with Crippen molar-refractivity contribution < 1.29 is 14.3 Å². The maximum atomic E-state index is 11.6. The van der Waals surface area contributed by atoms with Crippen molar-refractivity contribution in [3.63, 3.8) is 0 Å². The highest BCUT2D eigenvalue weighted by Gasteiger charge is 2.08. The van der Waals surface area contributed by atoms with E-state index < -0.39 is 0 Å². The number of carbonyl (C=O) groups is 1. The number of methoxy groups -OCH3 is 1. The van der Waals surface area contributed by atoms with Gasteiger partial charge in [0.15, 0.2) is 0 Å². The van der Waals surface area contributed by atoms with E-state index in [0.29, 0.717) is 13.2 Å². The normalized spacial score (nSPS) is 10.5. The van der Waals surface area contributed by atoms with Gasteiger partial charge < -0.3 is 14.4 Å². The zero-order chi connectivity index (χ0) is 12.5. The Morgan fingerprint density at radius 3 is 2.94 bits per heavy atom. The number of amides is 1. The van der Waals surface area contributed by atoms with Gasteiger partial charge in [-0.25, -0.2) is 0 Å². The summed E-state index contributed by atoms with van der Waals surface area (Å²) in [6.45, 7) is 1.84. The highest BCUT2D eigenvalue weighted by atomic mass is 32.1. The molecule has 0 aliphatic rings. The maximum absolute atomic E-state index is 11.6. The molecule has 0 spiro atoms. The van der Waals surface area contributed by atoms with Crippen molar-refractivity contribution in [1.82, 2.24) is 4.90 Å². The molecule has 96 valence electrons. The van der Waals surface area contributed by atoms with Crippen LogP contribution in [0.2, 0.25) is 0 Å². The molecule has 1 amide bonds. The Morgan fingerprint density at radius 2 is 2.29 bits per heavy atom. The van der Waals surface area contributed by atoms with Gasteiger partial charge >= 0.3 is 0 Å². The zero-order valence-electron chi connectivity index (χ0n) is 10.3. The molecular formula is C12H19NO3S. The number of likely N-dealkylation sites (N-methyl/N-ethyl adjacent to an activating group) is 1. The summed E-state index contributed by atoms with van der Waals surface area (Å²) in [7, 11) is 3.41. The average Bonchev–Trinajstić information content (AvgIpc) is 2.84. The minimum absolute atomic E-state index is 0.0117. The molecule has 0 saturated carbocycles. The van der Waals surface area contributed by atoms with Crippen molar-refractivity contribution in [2.45, 2.75) is 6.42 Å². The minimum atomic E-state index is 0.0117. The minimum Gasteiger partial charge on any atom is -0.382 e. The van der Waals surface area contributed by atoms with Crippen LogP contribution in [0.4, 0.5) is 0 Å². The summed E-state index contributed by atoms with van der Waals surface area (Å²) in [6.07, 6.45) is 0.901. The molecule has 5 heteroatoms. The Morgan fingerprint density at radius 1 is 1.47 bits per heavy atom. The van der Waals surface area contributed by atoms with Gasteiger partial charge in [0, 0.05) is 25.6 Å². The Labute approximate surface area is 106 Å². The molecule has 4 nitrogen and oxygen atoms in total. The Balaban J connectivity index is 2.13. The van der Waals surface area contributed by atoms with E-state index in [2.05, 4.69) is 6.07 Å². The molecule has 1 aromatic rings. The van der Waals surface area contributed by atoms with E-state index in [0.717, 1.165) is 13.0 Å². The first-order chi connectivity index (χ1) is 8.24. The standard InChI is InChI=1S/C12H19NO3S/c1-13(6-5-11-4-3-9-17-11)12(14)10-16-8-7-15-2/h3-4,9H,5-8,10H2,1-2H3. The molecule has 1 rings (SSSR count). The van der Waals surface area contributed by atoms with Crippen LogP contribution >= 0.6 is 11.3 Å². The van der Waals surface area contributed by atoms with Crippen LogP contribution in [0.1, 0.15) is 4.88 Å². The number of thiophene rings is 1. The highest BCUT2D eigenvalue weighted by molar-refractivity contribution is 7.09. The number of rotatable bonds is 8. The van der Waals surface area contributed by atoms with Gasteiger partial charge in [-0.1, -0.05) is 6.07 Å². The molecular weight excluding hydrogens is 238 g/mol. The van der Waals surface area contributed by atoms with E-state index in [9.17, 15) is 4.79 Å². The number of nitrogens with zero attached hydrogens (tertiary/aromatic N) is 1. The second kappa shape index (κ2) is 8.22. The molecule has 0 unspecified atom stereocenters. The van der Waals surface area contributed by atoms with E-state index in [4.69, 9.17) is 9.47 Å². The van der Waals surface area contributed by atoms with Gasteiger partial charge in [-0.2, -0.15) is 0 Å². The van der Waals surface area contributed by atoms with Crippen LogP contribution in [0.5, 0.6) is 0 Å². The lowest BCUT2D eigenvalue weighted by atomic mass is 10.3. The smallest absolute Gasteiger partial charge is 0.248 e. The summed E-state index contributed by atoms with van der Waals surface area (Å²) in [5.41, 5.74) is 0. The van der Waals surface area contributed by atoms with E-state index in [-0.39, 0.29) is 12.5 Å². The Hall–Kier alpha value is -0.910. The quantitative estimate of drug-likeness (QED) is 0.661. The summed E-state index contributed by atoms with van der Waals surface area (Å²) in [5, 5.41) is 2.05. The molecule has 0 atom stereocenters. The fraction of sp³-hybridized carbons (Fsp3) is 0.583. The molecule has 0 aliphatic carbocycles. The van der Waals surface area contributed by atoms with Crippen molar-refractivity contribution in [2.75, 3.05) is 40.5 Å². The summed E-state index contributed by atoms with van der Waals surface area (Å²) >= 11 is 1.72. The molecule has 0 fully saturated rings. The van der Waals surface area contributed by atoms with Crippen LogP contribution in [0.3, 0.4) is 0 Å². The predicted octanol–water partition coefficient (Wildman–Crippen LogP) is 1.41. The first-order valence-electron chi connectivity index (χ1n) is 5.57. The van der Waals surface area contributed by atoms with E-state index in [1.54, 1.807) is 30.4 Å². The van der Waals surface area contributed by atoms with Crippen LogP contribution in [0.25, 0.3) is 0 Å². The van der Waals surface area contributed by atoms with Gasteiger partial charge in [-0.15, -0.1) is 11.3 Å². The zero-order valence-corrected chi connectivity index (χ0v) is 11.2. The Bertz CT molecular complexity index is 314. The van der Waals surface area contributed by atoms with Gasteiger partial charge in [-0.3, -0.25) is 4.79 Å². The lowest BCUT2D eigenvalue weighted by molar-refractivity contribution is -0.135. The third kappa shape index (κ3) is 5.81. The molecule has 0 aliphatic heterocycles. The lowest BCUT2D eigenvalue weighted by Gasteiger charge is -2.16. The molecule has 1 aromatic heterocycles. The maximum Gasteiger partial charge on any atom is 0.248 e. The van der Waals surface area contributed by atoms with Gasteiger partial charge in [0.2, 0.25) is 5.91 Å². The Kier molecular flexibility index (Phi) is 6.84. The third-order valence-corrected chi connectivity index (χ3v) is 3.29. The number of carbonyl (C=O) groups excluding carboxylic acids is 1. The van der Waals surface area contributed by atoms with Crippen LogP contribution < -0.4 is 0 Å². The fourth-order valence-corrected chi connectivity index (χ4v) is 1.97.